The van der Waals surface area contributed by atoms with Gasteiger partial charge in [0.2, 0.25) is 0 Å². The van der Waals surface area contributed by atoms with E-state index >= 15 is 0 Å². The zero-order chi connectivity index (χ0) is 26.9. The number of unbranched alkanes of at least 4 members (excludes halogenated alkanes) is 6. The third-order valence-electron chi connectivity index (χ3n) is 6.97. The molecule has 1 rings (SSSR count). The van der Waals surface area contributed by atoms with Crippen molar-refractivity contribution in [2.45, 2.75) is 130 Å². The first-order valence-electron chi connectivity index (χ1n) is 14.4. The Kier molecular flexibility index (Phi) is 16.2. The largest absolute Gasteiger partial charge is 0.494 e. The second-order valence-electron chi connectivity index (χ2n) is 11.2. The molecule has 0 saturated heterocycles. The predicted molar refractivity (Wildman–Crippen MR) is 148 cm³/mol. The van der Waals surface area contributed by atoms with Crippen molar-refractivity contribution < 1.29 is 24.5 Å². The number of carboxylic acid groups (broad SMARTS) is 2. The number of rotatable bonds is 21. The summed E-state index contributed by atoms with van der Waals surface area (Å²) >= 11 is 0. The normalized spacial score (nSPS) is 13.2. The van der Waals surface area contributed by atoms with E-state index in [0.29, 0.717) is 48.2 Å². The molecule has 0 saturated carbocycles. The van der Waals surface area contributed by atoms with Crippen LogP contribution in [-0.4, -0.2) is 28.8 Å². The monoisotopic (exact) mass is 504 g/mol. The van der Waals surface area contributed by atoms with E-state index in [1.54, 1.807) is 0 Å². The van der Waals surface area contributed by atoms with Crippen LogP contribution in [0.15, 0.2) is 18.2 Å². The van der Waals surface area contributed by atoms with Crippen LogP contribution in [0.25, 0.3) is 0 Å². The first-order valence-corrected chi connectivity index (χ1v) is 14.4. The average molecular weight is 505 g/mol. The van der Waals surface area contributed by atoms with Crippen LogP contribution in [0.1, 0.15) is 141 Å². The summed E-state index contributed by atoms with van der Waals surface area (Å²) in [6.45, 7) is 11.3. The van der Waals surface area contributed by atoms with Crippen LogP contribution >= 0.6 is 0 Å². The van der Waals surface area contributed by atoms with Crippen molar-refractivity contribution in [3.05, 3.63) is 29.3 Å². The standard InChI is InChI=1S/C31H52O5/c1-6-7-8-9-10-11-12-21-36-25-19-20-26(27(30(32)33)17-13-15-23(2)3)29(22-25)28(31(34)35)18-14-16-24(4)5/h19-20,22-24,27-28H,6-18,21H2,1-5H3,(H,32,33)(H,34,35). The lowest BCUT2D eigenvalue weighted by atomic mass is 9.82. The molecule has 0 fully saturated rings. The highest BCUT2D eigenvalue weighted by Crippen LogP contribution is 2.36. The second kappa shape index (κ2) is 18.2. The minimum absolute atomic E-state index is 0.498. The quantitative estimate of drug-likeness (QED) is 0.163. The molecule has 0 heterocycles. The van der Waals surface area contributed by atoms with Crippen LogP contribution in [0, 0.1) is 11.8 Å². The highest BCUT2D eigenvalue weighted by molar-refractivity contribution is 5.81. The van der Waals surface area contributed by atoms with E-state index in [9.17, 15) is 19.8 Å². The van der Waals surface area contributed by atoms with Gasteiger partial charge in [-0.1, -0.05) is 105 Å². The molecule has 1 aromatic rings. The van der Waals surface area contributed by atoms with Crippen LogP contribution in [-0.2, 0) is 9.59 Å². The third kappa shape index (κ3) is 12.8. The Morgan fingerprint density at radius 2 is 1.19 bits per heavy atom. The molecule has 0 aromatic heterocycles. The fourth-order valence-corrected chi connectivity index (χ4v) is 4.80. The van der Waals surface area contributed by atoms with E-state index in [0.717, 1.165) is 38.5 Å². The highest BCUT2D eigenvalue weighted by Gasteiger charge is 2.29. The Balaban J connectivity index is 3.06. The number of carbonyl (C=O) groups is 2. The van der Waals surface area contributed by atoms with Crippen LogP contribution < -0.4 is 4.74 Å². The van der Waals surface area contributed by atoms with E-state index in [-0.39, 0.29) is 0 Å². The Bertz CT molecular complexity index is 755. The molecule has 0 radical (unpaired) electrons. The van der Waals surface area contributed by atoms with Gasteiger partial charge in [-0.3, -0.25) is 9.59 Å². The summed E-state index contributed by atoms with van der Waals surface area (Å²) in [5.41, 5.74) is 1.24. The maximum atomic E-state index is 12.4. The number of hydrogen-bond acceptors (Lipinski definition) is 3. The fraction of sp³-hybridized carbons (Fsp3) is 0.742. The summed E-state index contributed by atoms with van der Waals surface area (Å²) in [6, 6.07) is 5.44. The molecule has 36 heavy (non-hydrogen) atoms. The Labute approximate surface area is 220 Å². The Morgan fingerprint density at radius 1 is 0.694 bits per heavy atom. The lowest BCUT2D eigenvalue weighted by Crippen LogP contribution is -2.19. The van der Waals surface area contributed by atoms with E-state index in [4.69, 9.17) is 4.74 Å². The van der Waals surface area contributed by atoms with Gasteiger partial charge in [0.05, 0.1) is 18.4 Å². The molecular formula is C31H52O5. The number of carboxylic acids is 2. The van der Waals surface area contributed by atoms with Gasteiger partial charge in [-0.05, 0) is 54.4 Å². The molecule has 2 unspecified atom stereocenters. The minimum Gasteiger partial charge on any atom is -0.494 e. The van der Waals surface area contributed by atoms with Crippen molar-refractivity contribution in [2.24, 2.45) is 11.8 Å². The molecule has 0 aliphatic heterocycles. The zero-order valence-electron chi connectivity index (χ0n) is 23.6. The van der Waals surface area contributed by atoms with Crippen molar-refractivity contribution in [2.75, 3.05) is 6.61 Å². The fourth-order valence-electron chi connectivity index (χ4n) is 4.80. The number of hydrogen-bond donors (Lipinski definition) is 2. The van der Waals surface area contributed by atoms with Gasteiger partial charge < -0.3 is 14.9 Å². The van der Waals surface area contributed by atoms with Crippen LogP contribution in [0.3, 0.4) is 0 Å². The molecule has 206 valence electrons. The smallest absolute Gasteiger partial charge is 0.310 e. The number of ether oxygens (including phenoxy) is 1. The summed E-state index contributed by atoms with van der Waals surface area (Å²) in [6.07, 6.45) is 12.9. The van der Waals surface area contributed by atoms with Gasteiger partial charge in [0.15, 0.2) is 0 Å². The molecule has 2 atom stereocenters. The molecule has 0 amide bonds. The molecule has 0 spiro atoms. The summed E-state index contributed by atoms with van der Waals surface area (Å²) in [7, 11) is 0. The van der Waals surface area contributed by atoms with Gasteiger partial charge in [-0.25, -0.2) is 0 Å². The Morgan fingerprint density at radius 3 is 1.69 bits per heavy atom. The second-order valence-corrected chi connectivity index (χ2v) is 11.2. The van der Waals surface area contributed by atoms with Gasteiger partial charge in [0.25, 0.3) is 0 Å². The molecule has 0 aliphatic rings. The van der Waals surface area contributed by atoms with E-state index < -0.39 is 23.8 Å². The molecular weight excluding hydrogens is 452 g/mol. The van der Waals surface area contributed by atoms with Gasteiger partial charge in [-0.15, -0.1) is 0 Å². The summed E-state index contributed by atoms with van der Waals surface area (Å²) in [4.78, 5) is 24.6. The first-order chi connectivity index (χ1) is 17.2. The van der Waals surface area contributed by atoms with E-state index in [1.165, 1.54) is 32.1 Å². The van der Waals surface area contributed by atoms with Crippen LogP contribution in [0.2, 0.25) is 0 Å². The zero-order valence-corrected chi connectivity index (χ0v) is 23.6. The van der Waals surface area contributed by atoms with Crippen molar-refractivity contribution in [3.63, 3.8) is 0 Å². The van der Waals surface area contributed by atoms with Gasteiger partial charge >= 0.3 is 11.9 Å². The highest BCUT2D eigenvalue weighted by atomic mass is 16.5. The average Bonchev–Trinajstić information content (AvgIpc) is 2.81. The molecule has 0 aliphatic carbocycles. The van der Waals surface area contributed by atoms with Crippen molar-refractivity contribution in [1.82, 2.24) is 0 Å². The SMILES string of the molecule is CCCCCCCCCOc1ccc(C(CCCC(C)C)C(=O)O)c(C(CCCC(C)C)C(=O)O)c1. The molecule has 1 aromatic carbocycles. The van der Waals surface area contributed by atoms with Gasteiger partial charge in [0, 0.05) is 0 Å². The van der Waals surface area contributed by atoms with Crippen molar-refractivity contribution in [3.8, 4) is 5.75 Å². The van der Waals surface area contributed by atoms with Gasteiger partial charge in [0.1, 0.15) is 5.75 Å². The van der Waals surface area contributed by atoms with Crippen LogP contribution in [0.5, 0.6) is 5.75 Å². The molecule has 0 bridgehead atoms. The van der Waals surface area contributed by atoms with Crippen molar-refractivity contribution in [1.29, 1.82) is 0 Å². The molecule has 2 N–H and O–H groups in total. The summed E-state index contributed by atoms with van der Waals surface area (Å²) in [5, 5.41) is 20.2. The lowest BCUT2D eigenvalue weighted by Gasteiger charge is -2.23. The summed E-state index contributed by atoms with van der Waals surface area (Å²) in [5.74, 6) is -1.57. The van der Waals surface area contributed by atoms with Gasteiger partial charge in [-0.2, -0.15) is 0 Å². The minimum atomic E-state index is -0.893. The summed E-state index contributed by atoms with van der Waals surface area (Å²) < 4.78 is 6.01. The lowest BCUT2D eigenvalue weighted by molar-refractivity contribution is -0.140. The molecule has 5 nitrogen and oxygen atoms in total. The van der Waals surface area contributed by atoms with E-state index in [2.05, 4.69) is 34.6 Å². The number of aliphatic carboxylic acids is 2. The maximum Gasteiger partial charge on any atom is 0.310 e. The number of benzene rings is 1. The Hall–Kier alpha value is -2.04. The topological polar surface area (TPSA) is 83.8 Å². The van der Waals surface area contributed by atoms with Crippen LogP contribution in [0.4, 0.5) is 0 Å². The van der Waals surface area contributed by atoms with E-state index in [1.807, 2.05) is 18.2 Å². The van der Waals surface area contributed by atoms with Crippen molar-refractivity contribution >= 4 is 11.9 Å². The first kappa shape index (κ1) is 32.0. The third-order valence-corrected chi connectivity index (χ3v) is 6.97. The maximum absolute atomic E-state index is 12.4. The molecule has 5 heteroatoms. The predicted octanol–water partition coefficient (Wildman–Crippen LogP) is 8.81.